The second kappa shape index (κ2) is 5.05. The Labute approximate surface area is 72.4 Å². The quantitative estimate of drug-likeness (QED) is 0.286. The Morgan fingerprint density at radius 3 is 2.60 bits per heavy atom. The molecule has 0 saturated carbocycles. The Hall–Kier alpha value is 0.337. The highest BCUT2D eigenvalue weighted by Crippen LogP contribution is 2.24. The van der Waals surface area contributed by atoms with Crippen LogP contribution in [-0.4, -0.2) is 13.3 Å². The molecular weight excluding hydrogens is 187 g/mol. The van der Waals surface area contributed by atoms with Crippen LogP contribution in [0.3, 0.4) is 0 Å². The topological polar surface area (TPSA) is 9.23 Å². The van der Waals surface area contributed by atoms with Gasteiger partial charge in [-0.2, -0.15) is 0 Å². The molecule has 10 heavy (non-hydrogen) atoms. The van der Waals surface area contributed by atoms with Crippen molar-refractivity contribution in [1.82, 2.24) is 0 Å². The minimum Gasteiger partial charge on any atom is -0.502 e. The maximum absolute atomic E-state index is 5.95. The predicted molar refractivity (Wildman–Crippen MR) is 48.9 cm³/mol. The first kappa shape index (κ1) is 10.3. The lowest BCUT2D eigenvalue weighted by atomic mass is 10.8. The van der Waals surface area contributed by atoms with Crippen LogP contribution in [0.2, 0.25) is 12.1 Å². The lowest BCUT2D eigenvalue weighted by Crippen LogP contribution is -2.18. The molecule has 0 aliphatic heterocycles. The molecule has 0 amide bonds. The van der Waals surface area contributed by atoms with Gasteiger partial charge >= 0.3 is 0 Å². The van der Waals surface area contributed by atoms with Crippen LogP contribution in [0.25, 0.3) is 0 Å². The first-order valence-corrected chi connectivity index (χ1v) is 7.66. The van der Waals surface area contributed by atoms with Crippen molar-refractivity contribution in [3.63, 3.8) is 0 Å². The molecule has 0 fully saturated rings. The van der Waals surface area contributed by atoms with E-state index < -0.39 is 6.69 Å². The molecule has 0 saturated heterocycles. The number of hydrogen-bond acceptors (Lipinski definition) is 1. The molecule has 60 valence electrons. The van der Waals surface area contributed by atoms with E-state index in [4.69, 9.17) is 26.9 Å². The van der Waals surface area contributed by atoms with Crippen LogP contribution in [0.1, 0.15) is 6.92 Å². The van der Waals surface area contributed by atoms with Crippen LogP contribution >= 0.6 is 22.2 Å². The molecule has 0 aromatic rings. The van der Waals surface area contributed by atoms with Gasteiger partial charge in [-0.25, -0.2) is 0 Å². The Kier molecular flexibility index (Phi) is 5.22. The molecule has 1 nitrogen and oxygen atoms in total. The predicted octanol–water partition coefficient (Wildman–Crippen LogP) is 3.09. The van der Waals surface area contributed by atoms with Crippen molar-refractivity contribution in [2.75, 3.05) is 6.61 Å². The van der Waals surface area contributed by atoms with Crippen LogP contribution in [-0.2, 0) is 4.74 Å². The smallest absolute Gasteiger partial charge is 0.254 e. The van der Waals surface area contributed by atoms with Crippen molar-refractivity contribution in [3.05, 3.63) is 12.8 Å². The maximum Gasteiger partial charge on any atom is 0.254 e. The summed E-state index contributed by atoms with van der Waals surface area (Å²) in [6.07, 6.45) is 1.41. The van der Waals surface area contributed by atoms with Crippen molar-refractivity contribution in [2.24, 2.45) is 0 Å². The van der Waals surface area contributed by atoms with Crippen molar-refractivity contribution < 1.29 is 4.74 Å². The molecule has 0 aromatic heterocycles. The Bertz CT molecular complexity index is 106. The highest BCUT2D eigenvalue weighted by Gasteiger charge is 2.24. The van der Waals surface area contributed by atoms with E-state index in [0.29, 0.717) is 6.61 Å². The van der Waals surface area contributed by atoms with Crippen LogP contribution in [0.5, 0.6) is 0 Å². The fourth-order valence-electron chi connectivity index (χ4n) is 0.468. The summed E-state index contributed by atoms with van der Waals surface area (Å²) >= 11 is 11.9. The third-order valence-corrected chi connectivity index (χ3v) is 5.93. The Morgan fingerprint density at radius 2 is 2.20 bits per heavy atom. The van der Waals surface area contributed by atoms with Crippen LogP contribution in [0.4, 0.5) is 0 Å². The zero-order chi connectivity index (χ0) is 8.04. The maximum atomic E-state index is 5.95. The normalized spacial score (nSPS) is 11.1. The third kappa shape index (κ3) is 5.15. The van der Waals surface area contributed by atoms with Gasteiger partial charge in [0.25, 0.3) is 6.69 Å². The molecule has 0 N–H and O–H groups in total. The number of rotatable bonds is 5. The first-order chi connectivity index (χ1) is 4.62. The molecule has 4 heteroatoms. The van der Waals surface area contributed by atoms with Gasteiger partial charge in [-0.1, -0.05) is 13.5 Å². The molecule has 0 atom stereocenters. The Balaban J connectivity index is 3.36. The number of halogens is 2. The molecule has 0 spiro atoms. The minimum absolute atomic E-state index is 0.594. The average molecular weight is 199 g/mol. The largest absolute Gasteiger partial charge is 0.502 e. The standard InChI is InChI=1S/C6H12Cl2OSi/c1-3-9-5-6-10(7,8)4-2/h3H,1,4-6H2,2H3. The second-order valence-electron chi connectivity index (χ2n) is 2.00. The van der Waals surface area contributed by atoms with Crippen molar-refractivity contribution in [1.29, 1.82) is 0 Å². The fourth-order valence-corrected chi connectivity index (χ4v) is 1.70. The van der Waals surface area contributed by atoms with Crippen LogP contribution in [0, 0.1) is 0 Å². The van der Waals surface area contributed by atoms with Crippen LogP contribution < -0.4 is 0 Å². The van der Waals surface area contributed by atoms with E-state index in [9.17, 15) is 0 Å². The summed E-state index contributed by atoms with van der Waals surface area (Å²) in [4.78, 5) is 0. The van der Waals surface area contributed by atoms with E-state index in [1.54, 1.807) is 0 Å². The number of hydrogen-bond donors (Lipinski definition) is 0. The van der Waals surface area contributed by atoms with Crippen molar-refractivity contribution >= 4 is 28.9 Å². The van der Waals surface area contributed by atoms with Gasteiger partial charge in [0.2, 0.25) is 0 Å². The first-order valence-electron chi connectivity index (χ1n) is 3.22. The molecular formula is C6H12Cl2OSi. The number of ether oxygens (including phenoxy) is 1. The third-order valence-electron chi connectivity index (χ3n) is 1.22. The van der Waals surface area contributed by atoms with E-state index in [2.05, 4.69) is 6.58 Å². The fraction of sp³-hybridized carbons (Fsp3) is 0.667. The SMILES string of the molecule is C=COCC[Si](Cl)(Cl)CC. The monoisotopic (exact) mass is 198 g/mol. The lowest BCUT2D eigenvalue weighted by Gasteiger charge is -2.12. The summed E-state index contributed by atoms with van der Waals surface area (Å²) in [5.74, 6) is 0. The summed E-state index contributed by atoms with van der Waals surface area (Å²) in [6, 6.07) is 1.65. The molecule has 0 radical (unpaired) electrons. The van der Waals surface area contributed by atoms with Gasteiger partial charge in [-0.05, 0) is 6.04 Å². The highest BCUT2D eigenvalue weighted by atomic mass is 35.7. The van der Waals surface area contributed by atoms with E-state index in [-0.39, 0.29) is 0 Å². The zero-order valence-corrected chi connectivity index (χ0v) is 8.58. The minimum atomic E-state index is -1.94. The molecule has 0 bridgehead atoms. The zero-order valence-electron chi connectivity index (χ0n) is 6.07. The van der Waals surface area contributed by atoms with Crippen molar-refractivity contribution in [2.45, 2.75) is 19.0 Å². The summed E-state index contributed by atoms with van der Waals surface area (Å²) in [7, 11) is 0. The van der Waals surface area contributed by atoms with Gasteiger partial charge in [0.1, 0.15) is 0 Å². The van der Waals surface area contributed by atoms with Gasteiger partial charge in [-0.3, -0.25) is 0 Å². The van der Waals surface area contributed by atoms with Gasteiger partial charge < -0.3 is 4.74 Å². The summed E-state index contributed by atoms with van der Waals surface area (Å²) in [5.41, 5.74) is 0. The molecule has 0 rings (SSSR count). The highest BCUT2D eigenvalue weighted by molar-refractivity contribution is 7.45. The van der Waals surface area contributed by atoms with Gasteiger partial charge in [-0.15, -0.1) is 22.2 Å². The summed E-state index contributed by atoms with van der Waals surface area (Å²) in [5, 5.41) is 0. The van der Waals surface area contributed by atoms with E-state index in [0.717, 1.165) is 12.1 Å². The second-order valence-corrected chi connectivity index (χ2v) is 9.84. The molecule has 0 aliphatic carbocycles. The molecule has 0 unspecified atom stereocenters. The van der Waals surface area contributed by atoms with E-state index in [1.807, 2.05) is 6.92 Å². The van der Waals surface area contributed by atoms with Gasteiger partial charge in [0, 0.05) is 6.04 Å². The molecule has 0 heterocycles. The summed E-state index contributed by atoms with van der Waals surface area (Å²) < 4.78 is 4.90. The summed E-state index contributed by atoms with van der Waals surface area (Å²) in [6.45, 7) is 4.06. The van der Waals surface area contributed by atoms with E-state index in [1.165, 1.54) is 6.26 Å². The Morgan fingerprint density at radius 1 is 1.60 bits per heavy atom. The van der Waals surface area contributed by atoms with Gasteiger partial charge in [0.15, 0.2) is 0 Å². The van der Waals surface area contributed by atoms with E-state index >= 15 is 0 Å². The lowest BCUT2D eigenvalue weighted by molar-refractivity contribution is 0.270. The molecule has 0 aliphatic rings. The van der Waals surface area contributed by atoms with Crippen molar-refractivity contribution in [3.8, 4) is 0 Å². The molecule has 0 aromatic carbocycles. The van der Waals surface area contributed by atoms with Gasteiger partial charge in [0.05, 0.1) is 12.9 Å². The van der Waals surface area contributed by atoms with Crippen LogP contribution in [0.15, 0.2) is 12.8 Å². The average Bonchev–Trinajstić information content (AvgIpc) is 1.89.